The molecule has 0 bridgehead atoms. The predicted molar refractivity (Wildman–Crippen MR) is 106 cm³/mol. The summed E-state index contributed by atoms with van der Waals surface area (Å²) in [6.45, 7) is 0.822. The van der Waals surface area contributed by atoms with E-state index in [2.05, 4.69) is 20.3 Å². The molecule has 0 atom stereocenters. The van der Waals surface area contributed by atoms with Crippen LogP contribution in [0.15, 0.2) is 36.8 Å². The number of carboxylic acid groups (broad SMARTS) is 1. The Morgan fingerprint density at radius 1 is 1.24 bits per heavy atom. The molecule has 2 amide bonds. The van der Waals surface area contributed by atoms with Crippen molar-refractivity contribution < 1.29 is 19.4 Å². The van der Waals surface area contributed by atoms with Crippen LogP contribution in [0.1, 0.15) is 23.2 Å². The molecule has 3 heterocycles. The number of nitrogens with one attached hydrogen (secondary N) is 2. The first-order valence-corrected chi connectivity index (χ1v) is 9.32. The number of fused-ring (bicyclic) bond motifs is 1. The third kappa shape index (κ3) is 3.58. The monoisotopic (exact) mass is 395 g/mol. The Bertz CT molecular complexity index is 1060. The highest BCUT2D eigenvalue weighted by molar-refractivity contribution is 6.07. The van der Waals surface area contributed by atoms with Crippen molar-refractivity contribution in [3.63, 3.8) is 0 Å². The number of piperidine rings is 1. The maximum Gasteiger partial charge on any atom is 0.407 e. The van der Waals surface area contributed by atoms with Gasteiger partial charge in [0, 0.05) is 30.9 Å². The minimum absolute atomic E-state index is 0.0708. The number of amides is 2. The van der Waals surface area contributed by atoms with Gasteiger partial charge in [0.25, 0.3) is 5.91 Å². The second-order valence-electron chi connectivity index (χ2n) is 6.87. The normalized spacial score (nSPS) is 14.7. The van der Waals surface area contributed by atoms with E-state index in [9.17, 15) is 9.59 Å². The molecule has 1 aliphatic rings. The van der Waals surface area contributed by atoms with Gasteiger partial charge in [0.2, 0.25) is 0 Å². The average Bonchev–Trinajstić information content (AvgIpc) is 3.18. The van der Waals surface area contributed by atoms with Crippen molar-refractivity contribution in [2.75, 3.05) is 20.2 Å². The van der Waals surface area contributed by atoms with E-state index in [0.29, 0.717) is 54.0 Å². The number of rotatable bonds is 4. The van der Waals surface area contributed by atoms with Gasteiger partial charge in [-0.2, -0.15) is 0 Å². The van der Waals surface area contributed by atoms with Gasteiger partial charge in [-0.05, 0) is 25.0 Å². The van der Waals surface area contributed by atoms with E-state index < -0.39 is 6.09 Å². The molecule has 150 valence electrons. The Kier molecular flexibility index (Phi) is 5.03. The van der Waals surface area contributed by atoms with Gasteiger partial charge in [0.1, 0.15) is 23.3 Å². The molecule has 0 radical (unpaired) electrons. The van der Waals surface area contributed by atoms with E-state index >= 15 is 0 Å². The maximum absolute atomic E-state index is 12.8. The number of methoxy groups -OCH3 is 1. The number of benzene rings is 1. The van der Waals surface area contributed by atoms with Gasteiger partial charge in [-0.3, -0.25) is 4.79 Å². The number of carbonyl (C=O) groups excluding carboxylic acids is 1. The van der Waals surface area contributed by atoms with Crippen LogP contribution in [0.3, 0.4) is 0 Å². The average molecular weight is 395 g/mol. The van der Waals surface area contributed by atoms with Gasteiger partial charge >= 0.3 is 6.09 Å². The molecule has 3 aromatic rings. The molecule has 0 aliphatic carbocycles. The molecule has 4 rings (SSSR count). The minimum Gasteiger partial charge on any atom is -0.496 e. The van der Waals surface area contributed by atoms with Gasteiger partial charge < -0.3 is 25.0 Å². The SMILES string of the molecule is COc1ccccc1-c1ncnc2c(C(=O)NC3CCN(C(=O)O)CC3)c[nH]c12. The lowest BCUT2D eigenvalue weighted by Crippen LogP contribution is -2.46. The highest BCUT2D eigenvalue weighted by atomic mass is 16.5. The summed E-state index contributed by atoms with van der Waals surface area (Å²) in [6.07, 6.45) is 3.30. The summed E-state index contributed by atoms with van der Waals surface area (Å²) >= 11 is 0. The molecule has 0 spiro atoms. The van der Waals surface area contributed by atoms with Gasteiger partial charge in [-0.15, -0.1) is 0 Å². The molecule has 3 N–H and O–H groups in total. The number of hydrogen-bond donors (Lipinski definition) is 3. The van der Waals surface area contributed by atoms with Crippen molar-refractivity contribution >= 4 is 23.0 Å². The van der Waals surface area contributed by atoms with Crippen molar-refractivity contribution in [1.29, 1.82) is 0 Å². The van der Waals surface area contributed by atoms with Crippen LogP contribution in [0.25, 0.3) is 22.3 Å². The van der Waals surface area contributed by atoms with Crippen LogP contribution in [0, 0.1) is 0 Å². The van der Waals surface area contributed by atoms with E-state index in [4.69, 9.17) is 9.84 Å². The second kappa shape index (κ2) is 7.78. The first kappa shape index (κ1) is 18.7. The van der Waals surface area contributed by atoms with Crippen LogP contribution in [0.5, 0.6) is 5.75 Å². The largest absolute Gasteiger partial charge is 0.496 e. The van der Waals surface area contributed by atoms with Crippen LogP contribution in [0.4, 0.5) is 4.79 Å². The fourth-order valence-electron chi connectivity index (χ4n) is 3.64. The number of nitrogens with zero attached hydrogens (tertiary/aromatic N) is 3. The van der Waals surface area contributed by atoms with E-state index in [1.165, 1.54) is 11.2 Å². The van der Waals surface area contributed by atoms with E-state index in [0.717, 1.165) is 5.56 Å². The van der Waals surface area contributed by atoms with Gasteiger partial charge in [0.15, 0.2) is 0 Å². The summed E-state index contributed by atoms with van der Waals surface area (Å²) in [5.74, 6) is 0.438. The van der Waals surface area contributed by atoms with Crippen LogP contribution in [0.2, 0.25) is 0 Å². The third-order valence-electron chi connectivity index (χ3n) is 5.17. The lowest BCUT2D eigenvalue weighted by Gasteiger charge is -2.30. The highest BCUT2D eigenvalue weighted by Crippen LogP contribution is 2.32. The zero-order valence-corrected chi connectivity index (χ0v) is 15.9. The number of aromatic nitrogens is 3. The Balaban J connectivity index is 1.58. The Morgan fingerprint density at radius 2 is 2.00 bits per heavy atom. The Hall–Kier alpha value is -3.62. The highest BCUT2D eigenvalue weighted by Gasteiger charge is 2.25. The van der Waals surface area contributed by atoms with Crippen LogP contribution >= 0.6 is 0 Å². The number of hydrogen-bond acceptors (Lipinski definition) is 5. The summed E-state index contributed by atoms with van der Waals surface area (Å²) in [4.78, 5) is 37.0. The lowest BCUT2D eigenvalue weighted by atomic mass is 10.0. The molecule has 1 fully saturated rings. The topological polar surface area (TPSA) is 120 Å². The molecular formula is C20H21N5O4. The third-order valence-corrected chi connectivity index (χ3v) is 5.17. The van der Waals surface area contributed by atoms with Crippen molar-refractivity contribution in [2.24, 2.45) is 0 Å². The molecule has 0 unspecified atom stereocenters. The Morgan fingerprint density at radius 3 is 2.72 bits per heavy atom. The fourth-order valence-corrected chi connectivity index (χ4v) is 3.64. The van der Waals surface area contributed by atoms with E-state index in [1.54, 1.807) is 13.3 Å². The summed E-state index contributed by atoms with van der Waals surface area (Å²) in [5, 5.41) is 12.0. The Labute approximate surface area is 166 Å². The molecule has 0 saturated carbocycles. The fraction of sp³-hybridized carbons (Fsp3) is 0.300. The molecule has 9 nitrogen and oxygen atoms in total. The lowest BCUT2D eigenvalue weighted by molar-refractivity contribution is 0.0909. The summed E-state index contributed by atoms with van der Waals surface area (Å²) < 4.78 is 5.43. The molecule has 1 saturated heterocycles. The number of H-pyrrole nitrogens is 1. The second-order valence-corrected chi connectivity index (χ2v) is 6.87. The summed E-state index contributed by atoms with van der Waals surface area (Å²) in [5.41, 5.74) is 3.07. The first-order chi connectivity index (χ1) is 14.1. The molecule has 1 aliphatic heterocycles. The first-order valence-electron chi connectivity index (χ1n) is 9.32. The maximum atomic E-state index is 12.8. The quantitative estimate of drug-likeness (QED) is 0.624. The molecule has 2 aromatic heterocycles. The van der Waals surface area contributed by atoms with E-state index in [1.807, 2.05) is 24.3 Å². The smallest absolute Gasteiger partial charge is 0.407 e. The number of carbonyl (C=O) groups is 2. The van der Waals surface area contributed by atoms with Crippen LogP contribution < -0.4 is 10.1 Å². The standard InChI is InChI=1S/C20H21N5O4/c1-29-15-5-3-2-4-13(15)16-18-17(23-11-22-16)14(10-21-18)19(26)24-12-6-8-25(9-7-12)20(27)28/h2-5,10-12,21H,6-9H2,1H3,(H,24,26)(H,27,28). The molecular weight excluding hydrogens is 374 g/mol. The van der Waals surface area contributed by atoms with Crippen molar-refractivity contribution in [2.45, 2.75) is 18.9 Å². The van der Waals surface area contributed by atoms with Crippen LogP contribution in [-0.2, 0) is 0 Å². The number of ether oxygens (including phenoxy) is 1. The van der Waals surface area contributed by atoms with E-state index in [-0.39, 0.29) is 11.9 Å². The number of likely N-dealkylation sites (tertiary alicyclic amines) is 1. The van der Waals surface area contributed by atoms with Crippen LogP contribution in [-0.4, -0.2) is 63.2 Å². The van der Waals surface area contributed by atoms with Gasteiger partial charge in [-0.25, -0.2) is 14.8 Å². The number of para-hydroxylation sites is 1. The molecule has 9 heteroatoms. The van der Waals surface area contributed by atoms with Gasteiger partial charge in [-0.1, -0.05) is 12.1 Å². The zero-order chi connectivity index (χ0) is 20.4. The van der Waals surface area contributed by atoms with Crippen molar-refractivity contribution in [3.8, 4) is 17.0 Å². The van der Waals surface area contributed by atoms with Crippen molar-refractivity contribution in [1.82, 2.24) is 25.2 Å². The van der Waals surface area contributed by atoms with Gasteiger partial charge in [0.05, 0.1) is 18.2 Å². The molecule has 1 aromatic carbocycles. The predicted octanol–water partition coefficient (Wildman–Crippen LogP) is 2.51. The van der Waals surface area contributed by atoms with Crippen molar-refractivity contribution in [3.05, 3.63) is 42.4 Å². The zero-order valence-electron chi connectivity index (χ0n) is 15.9. The molecule has 29 heavy (non-hydrogen) atoms. The number of aromatic amines is 1. The minimum atomic E-state index is -0.924. The summed E-state index contributed by atoms with van der Waals surface area (Å²) in [7, 11) is 1.60. The summed E-state index contributed by atoms with van der Waals surface area (Å²) in [6, 6.07) is 7.45.